The molecule has 0 amide bonds. The lowest BCUT2D eigenvalue weighted by Crippen LogP contribution is -2.12. The molecule has 3 heterocycles. The van der Waals surface area contributed by atoms with Crippen LogP contribution >= 0.6 is 0 Å². The summed E-state index contributed by atoms with van der Waals surface area (Å²) in [6.07, 6.45) is 7.86. The predicted octanol–water partition coefficient (Wildman–Crippen LogP) is 10.8. The van der Waals surface area contributed by atoms with Crippen molar-refractivity contribution in [2.75, 3.05) is 0 Å². The summed E-state index contributed by atoms with van der Waals surface area (Å²) in [7, 11) is 0. The lowest BCUT2D eigenvalue weighted by Gasteiger charge is -2.19. The Hall–Kier alpha value is -5.94. The molecule has 3 aromatic heterocycles. The minimum atomic E-state index is -0.0105. The first-order chi connectivity index (χ1) is 22.9. The fourth-order valence-corrected chi connectivity index (χ4v) is 6.18. The molecule has 0 aliphatic carbocycles. The van der Waals surface area contributed by atoms with Gasteiger partial charge < -0.3 is 9.30 Å². The van der Waals surface area contributed by atoms with Gasteiger partial charge in [0.2, 0.25) is 0 Å². The first-order valence-electron chi connectivity index (χ1n) is 15.9. The Morgan fingerprint density at radius 3 is 2.04 bits per heavy atom. The van der Waals surface area contributed by atoms with Gasteiger partial charge in [-0.25, -0.2) is 4.68 Å². The van der Waals surface area contributed by atoms with E-state index in [-0.39, 0.29) is 5.41 Å². The molecule has 0 spiro atoms. The van der Waals surface area contributed by atoms with E-state index in [1.165, 1.54) is 27.5 Å². The summed E-state index contributed by atoms with van der Waals surface area (Å²) in [4.78, 5) is 4.63. The Morgan fingerprint density at radius 2 is 1.23 bits per heavy atom. The largest absolute Gasteiger partial charge is 0.457 e. The third-order valence-corrected chi connectivity index (χ3v) is 8.72. The lowest BCUT2D eigenvalue weighted by molar-refractivity contribution is 0.483. The summed E-state index contributed by atoms with van der Waals surface area (Å²) in [6.45, 7) is 6.65. The molecule has 0 unspecified atom stereocenters. The fraction of sp³-hybridized carbons (Fsp3) is 0.0952. The van der Waals surface area contributed by atoms with Crippen LogP contribution in [0.15, 0.2) is 152 Å². The first kappa shape index (κ1) is 28.5. The third-order valence-electron chi connectivity index (χ3n) is 8.72. The van der Waals surface area contributed by atoms with Crippen molar-refractivity contribution in [1.29, 1.82) is 0 Å². The molecule has 8 rings (SSSR count). The molecule has 0 atom stereocenters. The molecule has 0 saturated heterocycles. The van der Waals surface area contributed by atoms with Crippen molar-refractivity contribution >= 4 is 21.8 Å². The Morgan fingerprint density at radius 1 is 0.532 bits per heavy atom. The Bertz CT molecular complexity index is 2360. The average Bonchev–Trinajstić information content (AvgIpc) is 3.72. The van der Waals surface area contributed by atoms with Crippen molar-refractivity contribution in [2.45, 2.75) is 26.2 Å². The van der Waals surface area contributed by atoms with Gasteiger partial charge in [-0.2, -0.15) is 5.10 Å². The summed E-state index contributed by atoms with van der Waals surface area (Å²) in [5.41, 5.74) is 9.93. The molecule has 228 valence electrons. The zero-order valence-electron chi connectivity index (χ0n) is 26.6. The van der Waals surface area contributed by atoms with E-state index in [2.05, 4.69) is 133 Å². The zero-order valence-corrected chi connectivity index (χ0v) is 26.6. The summed E-state index contributed by atoms with van der Waals surface area (Å²) >= 11 is 0. The summed E-state index contributed by atoms with van der Waals surface area (Å²) in [6, 6.07) is 44.1. The zero-order chi connectivity index (χ0) is 32.0. The highest BCUT2D eigenvalue weighted by molar-refractivity contribution is 6.09. The summed E-state index contributed by atoms with van der Waals surface area (Å²) in [5, 5.41) is 7.04. The van der Waals surface area contributed by atoms with Crippen molar-refractivity contribution < 1.29 is 4.74 Å². The lowest BCUT2D eigenvalue weighted by atomic mass is 9.88. The normalized spacial score (nSPS) is 11.7. The van der Waals surface area contributed by atoms with Gasteiger partial charge in [0.05, 0.1) is 34.8 Å². The highest BCUT2D eigenvalue weighted by Crippen LogP contribution is 2.36. The molecule has 0 aliphatic rings. The van der Waals surface area contributed by atoms with Gasteiger partial charge in [0.1, 0.15) is 11.5 Å². The van der Waals surface area contributed by atoms with Crippen LogP contribution in [0, 0.1) is 0 Å². The van der Waals surface area contributed by atoms with Crippen molar-refractivity contribution in [3.05, 3.63) is 158 Å². The Labute approximate surface area is 274 Å². The SMILES string of the molecule is CC(C)(C)c1cncc(-n2c3ccccc3c3ccc(Oc4cccc(-n5cc(-c6ccc(-c7ccccc7)cc6)cn5)c4)cc32)c1. The maximum atomic E-state index is 6.49. The van der Waals surface area contributed by atoms with E-state index >= 15 is 0 Å². The number of pyridine rings is 1. The van der Waals surface area contributed by atoms with E-state index in [9.17, 15) is 0 Å². The van der Waals surface area contributed by atoms with Crippen LogP contribution in [0.2, 0.25) is 0 Å². The van der Waals surface area contributed by atoms with Crippen LogP contribution < -0.4 is 4.74 Å². The molecule has 5 aromatic carbocycles. The van der Waals surface area contributed by atoms with Crippen molar-refractivity contribution in [3.8, 4) is 45.1 Å². The number of nitrogens with zero attached hydrogens (tertiary/aromatic N) is 4. The minimum absolute atomic E-state index is 0.0105. The topological polar surface area (TPSA) is 44.9 Å². The molecule has 5 heteroatoms. The van der Waals surface area contributed by atoms with E-state index in [0.717, 1.165) is 45.0 Å². The molecule has 0 saturated carbocycles. The van der Waals surface area contributed by atoms with E-state index < -0.39 is 0 Å². The molecule has 0 fully saturated rings. The van der Waals surface area contributed by atoms with E-state index in [4.69, 9.17) is 4.74 Å². The summed E-state index contributed by atoms with van der Waals surface area (Å²) < 4.78 is 10.7. The highest BCUT2D eigenvalue weighted by atomic mass is 16.5. The number of rotatable bonds is 6. The van der Waals surface area contributed by atoms with Gasteiger partial charge in [0.25, 0.3) is 0 Å². The van der Waals surface area contributed by atoms with Crippen LogP contribution in [0.5, 0.6) is 11.5 Å². The van der Waals surface area contributed by atoms with Gasteiger partial charge in [-0.05, 0) is 64.1 Å². The quantitative estimate of drug-likeness (QED) is 0.188. The van der Waals surface area contributed by atoms with E-state index in [1.54, 1.807) is 0 Å². The number of fused-ring (bicyclic) bond motifs is 3. The third kappa shape index (κ3) is 5.46. The molecule has 0 bridgehead atoms. The number of hydrogen-bond acceptors (Lipinski definition) is 3. The number of hydrogen-bond donors (Lipinski definition) is 0. The average molecular weight is 611 g/mol. The maximum absolute atomic E-state index is 6.49. The molecular formula is C42H34N4O. The molecule has 0 N–H and O–H groups in total. The van der Waals surface area contributed by atoms with Crippen LogP contribution in [0.3, 0.4) is 0 Å². The number of ether oxygens (including phenoxy) is 1. The van der Waals surface area contributed by atoms with Gasteiger partial charge in [0, 0.05) is 40.9 Å². The van der Waals surface area contributed by atoms with Gasteiger partial charge in [-0.1, -0.05) is 99.6 Å². The van der Waals surface area contributed by atoms with Gasteiger partial charge in [-0.15, -0.1) is 0 Å². The molecule has 47 heavy (non-hydrogen) atoms. The second-order valence-electron chi connectivity index (χ2n) is 12.9. The summed E-state index contributed by atoms with van der Waals surface area (Å²) in [5.74, 6) is 1.50. The fourth-order valence-electron chi connectivity index (χ4n) is 6.18. The molecule has 5 nitrogen and oxygen atoms in total. The minimum Gasteiger partial charge on any atom is -0.457 e. The molecule has 0 aliphatic heterocycles. The van der Waals surface area contributed by atoms with Crippen LogP contribution in [0.1, 0.15) is 26.3 Å². The second kappa shape index (κ2) is 11.5. The second-order valence-corrected chi connectivity index (χ2v) is 12.9. The standard InChI is InChI=1S/C42H34N4O/c1-42(2,3)33-22-35(27-43-26-33)46-40-15-8-7-14-38(40)39-21-20-37(24-41(39)46)47-36-13-9-12-34(23-36)45-28-32(25-44-45)31-18-16-30(17-19-31)29-10-5-4-6-11-29/h4-28H,1-3H3. The van der Waals surface area contributed by atoms with E-state index in [1.807, 2.05) is 59.7 Å². The first-order valence-corrected chi connectivity index (χ1v) is 15.9. The smallest absolute Gasteiger partial charge is 0.129 e. The van der Waals surface area contributed by atoms with Crippen molar-refractivity contribution in [1.82, 2.24) is 19.3 Å². The number of para-hydroxylation sites is 1. The van der Waals surface area contributed by atoms with Gasteiger partial charge >= 0.3 is 0 Å². The number of aromatic nitrogens is 4. The number of benzene rings is 5. The van der Waals surface area contributed by atoms with Gasteiger partial charge in [-0.3, -0.25) is 4.98 Å². The van der Waals surface area contributed by atoms with Gasteiger partial charge in [0.15, 0.2) is 0 Å². The van der Waals surface area contributed by atoms with Crippen molar-refractivity contribution in [3.63, 3.8) is 0 Å². The van der Waals surface area contributed by atoms with Crippen LogP contribution in [-0.4, -0.2) is 19.3 Å². The predicted molar refractivity (Wildman–Crippen MR) is 192 cm³/mol. The highest BCUT2D eigenvalue weighted by Gasteiger charge is 2.18. The van der Waals surface area contributed by atoms with Crippen LogP contribution in [0.25, 0.3) is 55.4 Å². The molecule has 0 radical (unpaired) electrons. The molecule has 8 aromatic rings. The Balaban J connectivity index is 1.10. The van der Waals surface area contributed by atoms with E-state index in [0.29, 0.717) is 0 Å². The van der Waals surface area contributed by atoms with Crippen molar-refractivity contribution in [2.24, 2.45) is 0 Å². The van der Waals surface area contributed by atoms with Crippen LogP contribution in [-0.2, 0) is 5.41 Å². The monoisotopic (exact) mass is 610 g/mol. The maximum Gasteiger partial charge on any atom is 0.129 e. The Kier molecular flexibility index (Phi) is 6.95. The van der Waals surface area contributed by atoms with Crippen LogP contribution in [0.4, 0.5) is 0 Å². The molecular weight excluding hydrogens is 576 g/mol.